The van der Waals surface area contributed by atoms with Crippen LogP contribution >= 0.6 is 0 Å². The van der Waals surface area contributed by atoms with E-state index in [2.05, 4.69) is 10.6 Å². The summed E-state index contributed by atoms with van der Waals surface area (Å²) in [4.78, 5) is 22.5. The minimum atomic E-state index is -0.487. The van der Waals surface area contributed by atoms with Crippen LogP contribution in [-0.2, 0) is 0 Å². The maximum absolute atomic E-state index is 12.1. The van der Waals surface area contributed by atoms with Gasteiger partial charge in [-0.25, -0.2) is 0 Å². The Labute approximate surface area is 118 Å². The molecule has 0 aliphatic rings. The molecule has 2 N–H and O–H groups in total. The van der Waals surface area contributed by atoms with Crippen molar-refractivity contribution in [3.8, 4) is 0 Å². The molecule has 20 heavy (non-hydrogen) atoms. The molecule has 7 heteroatoms. The van der Waals surface area contributed by atoms with E-state index in [0.29, 0.717) is 18.2 Å². The summed E-state index contributed by atoms with van der Waals surface area (Å²) in [5.74, 6) is 0.0103. The van der Waals surface area contributed by atoms with Crippen molar-refractivity contribution in [2.75, 3.05) is 20.1 Å². The van der Waals surface area contributed by atoms with E-state index in [1.807, 2.05) is 27.8 Å². The Hall–Kier alpha value is -1.89. The van der Waals surface area contributed by atoms with Gasteiger partial charge < -0.3 is 15.2 Å². The van der Waals surface area contributed by atoms with Gasteiger partial charge in [-0.2, -0.15) is 0 Å². The molecule has 0 spiro atoms. The highest BCUT2D eigenvalue weighted by Crippen LogP contribution is 2.20. The Kier molecular flexibility index (Phi) is 5.69. The van der Waals surface area contributed by atoms with Crippen LogP contribution in [0.3, 0.4) is 0 Å². The van der Waals surface area contributed by atoms with Crippen LogP contribution in [0, 0.1) is 16.0 Å². The van der Waals surface area contributed by atoms with Gasteiger partial charge in [-0.05, 0) is 33.4 Å². The van der Waals surface area contributed by atoms with Gasteiger partial charge >= 0.3 is 0 Å². The Bertz CT molecular complexity index is 482. The Balaban J connectivity index is 2.83. The van der Waals surface area contributed by atoms with Crippen molar-refractivity contribution in [1.29, 1.82) is 0 Å². The van der Waals surface area contributed by atoms with Crippen molar-refractivity contribution < 1.29 is 9.72 Å². The van der Waals surface area contributed by atoms with Crippen molar-refractivity contribution in [2.24, 2.45) is 5.92 Å². The van der Waals surface area contributed by atoms with E-state index in [0.717, 1.165) is 6.54 Å². The minimum absolute atomic E-state index is 0.0146. The van der Waals surface area contributed by atoms with Crippen LogP contribution in [0.4, 0.5) is 5.69 Å². The number of nitrogens with zero attached hydrogens (tertiary/aromatic N) is 2. The maximum atomic E-state index is 12.1. The minimum Gasteiger partial charge on any atom is -0.350 e. The number of carbonyl (C=O) groups excluding carboxylic acids is 1. The lowest BCUT2D eigenvalue weighted by Crippen LogP contribution is -2.33. The van der Waals surface area contributed by atoms with Crippen molar-refractivity contribution >= 4 is 11.6 Å². The molecule has 0 aliphatic heterocycles. The fourth-order valence-corrected chi connectivity index (χ4v) is 1.95. The molecule has 0 saturated carbocycles. The first-order chi connectivity index (χ1) is 9.36. The van der Waals surface area contributed by atoms with E-state index >= 15 is 0 Å². The van der Waals surface area contributed by atoms with Gasteiger partial charge in [-0.1, -0.05) is 6.92 Å². The summed E-state index contributed by atoms with van der Waals surface area (Å²) in [6.07, 6.45) is 1.40. The number of nitro groups is 1. The highest BCUT2D eigenvalue weighted by Gasteiger charge is 2.20. The fraction of sp³-hybridized carbons (Fsp3) is 0.615. The summed E-state index contributed by atoms with van der Waals surface area (Å²) in [5.41, 5.74) is 0.260. The largest absolute Gasteiger partial charge is 0.350 e. The first-order valence-electron chi connectivity index (χ1n) is 6.65. The molecular weight excluding hydrogens is 260 g/mol. The van der Waals surface area contributed by atoms with Gasteiger partial charge in [-0.15, -0.1) is 0 Å². The predicted octanol–water partition coefficient (Wildman–Crippen LogP) is 1.56. The van der Waals surface area contributed by atoms with Gasteiger partial charge in [0.1, 0.15) is 5.69 Å². The quantitative estimate of drug-likeness (QED) is 0.586. The number of rotatable bonds is 7. The predicted molar refractivity (Wildman–Crippen MR) is 76.9 cm³/mol. The lowest BCUT2D eigenvalue weighted by atomic mass is 10.2. The van der Waals surface area contributed by atoms with E-state index in [4.69, 9.17) is 0 Å². The monoisotopic (exact) mass is 282 g/mol. The second-order valence-electron chi connectivity index (χ2n) is 5.21. The molecule has 1 aromatic rings. The van der Waals surface area contributed by atoms with Crippen LogP contribution in [0.2, 0.25) is 0 Å². The summed E-state index contributed by atoms with van der Waals surface area (Å²) in [6, 6.07) is 1.30. The molecule has 1 rings (SSSR count). The van der Waals surface area contributed by atoms with Crippen LogP contribution < -0.4 is 10.6 Å². The first-order valence-corrected chi connectivity index (χ1v) is 6.65. The number of carbonyl (C=O) groups is 1. The van der Waals surface area contributed by atoms with Crippen LogP contribution in [0.5, 0.6) is 0 Å². The highest BCUT2D eigenvalue weighted by molar-refractivity contribution is 5.93. The molecule has 1 atom stereocenters. The van der Waals surface area contributed by atoms with Gasteiger partial charge in [0.15, 0.2) is 0 Å². The molecular formula is C13H22N4O3. The number of aromatic nitrogens is 1. The topological polar surface area (TPSA) is 89.2 Å². The van der Waals surface area contributed by atoms with E-state index in [1.54, 1.807) is 4.57 Å². The van der Waals surface area contributed by atoms with Crippen LogP contribution in [0.1, 0.15) is 37.3 Å². The van der Waals surface area contributed by atoms with Crippen LogP contribution in [0.25, 0.3) is 0 Å². The van der Waals surface area contributed by atoms with Crippen LogP contribution in [-0.4, -0.2) is 35.5 Å². The summed E-state index contributed by atoms with van der Waals surface area (Å²) in [6.45, 7) is 7.09. The lowest BCUT2D eigenvalue weighted by molar-refractivity contribution is -0.384. The molecule has 0 saturated heterocycles. The average molecular weight is 282 g/mol. The molecule has 1 unspecified atom stereocenters. The van der Waals surface area contributed by atoms with Gasteiger partial charge in [0.2, 0.25) is 0 Å². The summed E-state index contributed by atoms with van der Waals surface area (Å²) < 4.78 is 1.62. The van der Waals surface area contributed by atoms with Gasteiger partial charge in [0.05, 0.1) is 11.1 Å². The normalized spacial score (nSPS) is 12.4. The molecule has 0 aromatic carbocycles. The Morgan fingerprint density at radius 3 is 2.55 bits per heavy atom. The number of hydrogen-bond donors (Lipinski definition) is 2. The SMILES string of the molecule is CNCC(C)CNC(=O)c1cc([N+](=O)[O-])cn1C(C)C. The second-order valence-corrected chi connectivity index (χ2v) is 5.21. The number of nitrogens with one attached hydrogen (secondary N) is 2. The first kappa shape index (κ1) is 16.2. The molecule has 1 amide bonds. The third-order valence-corrected chi connectivity index (χ3v) is 3.00. The third kappa shape index (κ3) is 4.06. The lowest BCUT2D eigenvalue weighted by Gasteiger charge is -2.14. The molecule has 1 heterocycles. The molecule has 0 fully saturated rings. The standard InChI is InChI=1S/C13H22N4O3/c1-9(2)16-8-11(17(19)20)5-12(16)13(18)15-7-10(3)6-14-4/h5,8-10,14H,6-7H2,1-4H3,(H,15,18). The summed E-state index contributed by atoms with van der Waals surface area (Å²) in [7, 11) is 1.85. The molecule has 0 aliphatic carbocycles. The molecule has 7 nitrogen and oxygen atoms in total. The van der Waals surface area contributed by atoms with Crippen molar-refractivity contribution in [1.82, 2.24) is 15.2 Å². The van der Waals surface area contributed by atoms with Gasteiger partial charge in [0, 0.05) is 18.7 Å². The average Bonchev–Trinajstić information content (AvgIpc) is 2.81. The van der Waals surface area contributed by atoms with Crippen molar-refractivity contribution in [3.05, 3.63) is 28.1 Å². The molecule has 0 radical (unpaired) electrons. The van der Waals surface area contributed by atoms with Crippen molar-refractivity contribution in [2.45, 2.75) is 26.8 Å². The van der Waals surface area contributed by atoms with E-state index < -0.39 is 4.92 Å². The highest BCUT2D eigenvalue weighted by atomic mass is 16.6. The molecule has 1 aromatic heterocycles. The van der Waals surface area contributed by atoms with E-state index in [9.17, 15) is 14.9 Å². The fourth-order valence-electron chi connectivity index (χ4n) is 1.95. The molecule has 112 valence electrons. The Morgan fingerprint density at radius 2 is 2.05 bits per heavy atom. The number of hydrogen-bond acceptors (Lipinski definition) is 4. The zero-order chi connectivity index (χ0) is 15.3. The van der Waals surface area contributed by atoms with E-state index in [-0.39, 0.29) is 17.6 Å². The zero-order valence-corrected chi connectivity index (χ0v) is 12.3. The van der Waals surface area contributed by atoms with Crippen molar-refractivity contribution in [3.63, 3.8) is 0 Å². The van der Waals surface area contributed by atoms with Gasteiger partial charge in [-0.3, -0.25) is 14.9 Å². The summed E-state index contributed by atoms with van der Waals surface area (Å²) in [5, 5.41) is 16.7. The zero-order valence-electron chi connectivity index (χ0n) is 12.3. The maximum Gasteiger partial charge on any atom is 0.287 e. The number of amides is 1. The smallest absolute Gasteiger partial charge is 0.287 e. The molecule has 0 bridgehead atoms. The Morgan fingerprint density at radius 1 is 1.40 bits per heavy atom. The second kappa shape index (κ2) is 7.04. The third-order valence-electron chi connectivity index (χ3n) is 3.00. The van der Waals surface area contributed by atoms with Gasteiger partial charge in [0.25, 0.3) is 11.6 Å². The van der Waals surface area contributed by atoms with E-state index in [1.165, 1.54) is 12.3 Å². The summed E-state index contributed by atoms with van der Waals surface area (Å²) >= 11 is 0. The van der Waals surface area contributed by atoms with Crippen LogP contribution in [0.15, 0.2) is 12.3 Å².